The summed E-state index contributed by atoms with van der Waals surface area (Å²) in [5.74, 6) is -1.91. The first-order valence-corrected chi connectivity index (χ1v) is 22.0. The van der Waals surface area contributed by atoms with Gasteiger partial charge in [0.05, 0.1) is 28.3 Å². The summed E-state index contributed by atoms with van der Waals surface area (Å²) in [6, 6.07) is 16.5. The Morgan fingerprint density at radius 1 is 0.871 bits per heavy atom. The van der Waals surface area contributed by atoms with Gasteiger partial charge < -0.3 is 20.1 Å². The van der Waals surface area contributed by atoms with Crippen LogP contribution in [-0.4, -0.2) is 113 Å². The van der Waals surface area contributed by atoms with E-state index < -0.39 is 35.1 Å². The van der Waals surface area contributed by atoms with Crippen molar-refractivity contribution in [3.63, 3.8) is 0 Å². The van der Waals surface area contributed by atoms with E-state index in [1.54, 1.807) is 24.3 Å². The maximum absolute atomic E-state index is 14.1. The number of hydrogen-bond donors (Lipinski definition) is 3. The van der Waals surface area contributed by atoms with Crippen molar-refractivity contribution in [2.24, 2.45) is 0 Å². The molecule has 4 aliphatic heterocycles. The molecule has 9 rings (SSSR count). The predicted molar refractivity (Wildman–Crippen MR) is 233 cm³/mol. The Kier molecular flexibility index (Phi) is 10.7. The summed E-state index contributed by atoms with van der Waals surface area (Å²) < 4.78 is 0. The van der Waals surface area contributed by atoms with Gasteiger partial charge in [-0.2, -0.15) is 5.26 Å². The number of benzene rings is 3. The number of anilines is 2. The van der Waals surface area contributed by atoms with Gasteiger partial charge in [0.25, 0.3) is 11.8 Å². The van der Waals surface area contributed by atoms with E-state index in [1.807, 2.05) is 17.0 Å². The Hall–Kier alpha value is -6.33. The molecule has 4 aromatic rings. The van der Waals surface area contributed by atoms with Crippen LogP contribution in [-0.2, 0) is 26.2 Å². The van der Waals surface area contributed by atoms with Gasteiger partial charge in [-0.3, -0.25) is 43.9 Å². The normalized spacial score (nSPS) is 20.3. The number of nitrogens with one attached hydrogen (secondary N) is 3. The van der Waals surface area contributed by atoms with Gasteiger partial charge in [0, 0.05) is 104 Å². The van der Waals surface area contributed by atoms with Gasteiger partial charge in [-0.1, -0.05) is 26.8 Å². The number of imide groups is 2. The number of H-pyrrole nitrogens is 1. The second-order valence-electron chi connectivity index (χ2n) is 17.8. The van der Waals surface area contributed by atoms with E-state index in [-0.39, 0.29) is 35.7 Å². The lowest BCUT2D eigenvalue weighted by molar-refractivity contribution is -0.136. The van der Waals surface area contributed by atoms with Gasteiger partial charge in [0.15, 0.2) is 5.78 Å². The number of hydrogen-bond acceptors (Lipinski definition) is 10. The molecular weight excluding hydrogens is 785 g/mol. The zero-order valence-electron chi connectivity index (χ0n) is 35.6. The van der Waals surface area contributed by atoms with Gasteiger partial charge in [-0.05, 0) is 92.1 Å². The molecule has 0 spiro atoms. The van der Waals surface area contributed by atoms with E-state index in [9.17, 15) is 34.0 Å². The Morgan fingerprint density at radius 3 is 2.35 bits per heavy atom. The number of carbonyl (C=O) groups is 6. The third-order valence-electron chi connectivity index (χ3n) is 13.9. The van der Waals surface area contributed by atoms with Gasteiger partial charge in [-0.25, -0.2) is 0 Å². The molecule has 3 fully saturated rings. The molecule has 0 bridgehead atoms. The molecule has 3 aromatic carbocycles. The van der Waals surface area contributed by atoms with Crippen LogP contribution >= 0.6 is 0 Å². The summed E-state index contributed by atoms with van der Waals surface area (Å²) in [5, 5.41) is 15.9. The van der Waals surface area contributed by atoms with Gasteiger partial charge >= 0.3 is 0 Å². The minimum atomic E-state index is -1.000. The number of aryl methyl sites for hydroxylation is 1. The van der Waals surface area contributed by atoms with E-state index >= 15 is 0 Å². The lowest BCUT2D eigenvalue weighted by atomic mass is 9.70. The number of unbranched alkanes of at least 4 members (excludes halogenated alkanes) is 1. The number of nitrogens with zero attached hydrogens (tertiary/aromatic N) is 5. The number of aromatic nitrogens is 1. The standard InChI is InChI=1S/C48H52N8O6/c1-4-29-24-35-36(48(2,3)44-42(43(35)59)33-10-8-28(27-49)23-37(33)51-44)26-39(29)54-17-14-31(15-18-54)53-19-21-55(22-20-53)41(58)7-5-6-16-50-30-9-11-32-34(25-30)47(62)56(46(32)61)38-12-13-40(57)52-45(38)60/h8-11,23-26,31,38,50-51H,4-7,12-22H2,1-3H3,(H,52,57,60). The van der Waals surface area contributed by atoms with Crippen molar-refractivity contribution in [2.75, 3.05) is 56.0 Å². The lowest BCUT2D eigenvalue weighted by Crippen LogP contribution is -2.54. The highest BCUT2D eigenvalue weighted by molar-refractivity contribution is 6.24. The molecule has 1 unspecified atom stereocenters. The lowest BCUT2D eigenvalue weighted by Gasteiger charge is -2.44. The summed E-state index contributed by atoms with van der Waals surface area (Å²) in [5.41, 5.74) is 7.90. The minimum absolute atomic E-state index is 0.0367. The summed E-state index contributed by atoms with van der Waals surface area (Å²) in [6.45, 7) is 12.1. The van der Waals surface area contributed by atoms with Crippen LogP contribution in [0.15, 0.2) is 48.5 Å². The molecule has 0 saturated carbocycles. The number of rotatable bonds is 10. The van der Waals surface area contributed by atoms with Crippen molar-refractivity contribution < 1.29 is 28.8 Å². The van der Waals surface area contributed by atoms with Crippen LogP contribution in [0, 0.1) is 11.3 Å². The average Bonchev–Trinajstić information content (AvgIpc) is 3.79. The van der Waals surface area contributed by atoms with Crippen LogP contribution < -0.4 is 15.5 Å². The second-order valence-corrected chi connectivity index (χ2v) is 17.8. The van der Waals surface area contributed by atoms with Crippen molar-refractivity contribution in [2.45, 2.75) is 89.6 Å². The molecule has 1 aliphatic carbocycles. The van der Waals surface area contributed by atoms with E-state index in [1.165, 1.54) is 11.3 Å². The highest BCUT2D eigenvalue weighted by Gasteiger charge is 2.45. The molecule has 14 heteroatoms. The molecule has 1 atom stereocenters. The fourth-order valence-electron chi connectivity index (χ4n) is 10.3. The predicted octanol–water partition coefficient (Wildman–Crippen LogP) is 5.27. The highest BCUT2D eigenvalue weighted by atomic mass is 16.2. The SMILES string of the molecule is CCc1cc2c(cc1N1CCC(N3CCN(C(=O)CCCCNc4ccc5c(c4)C(=O)N(C4CCC(=O)NC4=O)C5=O)CC3)CC1)C(C)(C)c1[nH]c3cc(C#N)ccc3c1C2=O. The number of carbonyl (C=O) groups excluding carboxylic acids is 6. The second kappa shape index (κ2) is 16.2. The molecule has 5 amide bonds. The number of piperazine rings is 1. The maximum atomic E-state index is 14.1. The fraction of sp³-hybridized carbons (Fsp3) is 0.438. The van der Waals surface area contributed by atoms with Gasteiger partial charge in [0.2, 0.25) is 17.7 Å². The summed E-state index contributed by atoms with van der Waals surface area (Å²) >= 11 is 0. The van der Waals surface area contributed by atoms with Crippen LogP contribution in [0.5, 0.6) is 0 Å². The molecular formula is C48H52N8O6. The van der Waals surface area contributed by atoms with E-state index in [4.69, 9.17) is 0 Å². The van der Waals surface area contributed by atoms with Gasteiger partial charge in [-0.15, -0.1) is 0 Å². The van der Waals surface area contributed by atoms with Gasteiger partial charge in [0.1, 0.15) is 6.04 Å². The molecule has 3 N–H and O–H groups in total. The molecule has 1 aromatic heterocycles. The topological polar surface area (TPSA) is 179 Å². The monoisotopic (exact) mass is 836 g/mol. The molecule has 62 heavy (non-hydrogen) atoms. The Balaban J connectivity index is 0.739. The summed E-state index contributed by atoms with van der Waals surface area (Å²) in [4.78, 5) is 89.0. The van der Waals surface area contributed by atoms with Crippen LogP contribution in [0.25, 0.3) is 10.9 Å². The van der Waals surface area contributed by atoms with Crippen molar-refractivity contribution in [1.82, 2.24) is 25.0 Å². The highest BCUT2D eigenvalue weighted by Crippen LogP contribution is 2.46. The van der Waals surface area contributed by atoms with Crippen molar-refractivity contribution in [1.29, 1.82) is 5.26 Å². The first-order chi connectivity index (χ1) is 29.9. The van der Waals surface area contributed by atoms with Crippen LogP contribution in [0.1, 0.15) is 125 Å². The maximum Gasteiger partial charge on any atom is 0.262 e. The first kappa shape index (κ1) is 41.0. The number of amides is 5. The number of ketones is 1. The first-order valence-electron chi connectivity index (χ1n) is 22.0. The van der Waals surface area contributed by atoms with Crippen molar-refractivity contribution >= 4 is 57.6 Å². The molecule has 14 nitrogen and oxygen atoms in total. The number of fused-ring (bicyclic) bond motifs is 5. The molecule has 5 heterocycles. The third-order valence-corrected chi connectivity index (χ3v) is 13.9. The van der Waals surface area contributed by atoms with Crippen LogP contribution in [0.3, 0.4) is 0 Å². The Morgan fingerprint density at radius 2 is 1.63 bits per heavy atom. The summed E-state index contributed by atoms with van der Waals surface area (Å²) in [7, 11) is 0. The van der Waals surface area contributed by atoms with Crippen LogP contribution in [0.4, 0.5) is 11.4 Å². The smallest absolute Gasteiger partial charge is 0.262 e. The molecule has 320 valence electrons. The van der Waals surface area contributed by atoms with Crippen LogP contribution in [0.2, 0.25) is 0 Å². The van der Waals surface area contributed by atoms with Crippen molar-refractivity contribution in [3.05, 3.63) is 93.2 Å². The molecule has 3 saturated heterocycles. The fourth-order valence-corrected chi connectivity index (χ4v) is 10.3. The number of piperidine rings is 2. The quantitative estimate of drug-likeness (QED) is 0.141. The Bertz CT molecular complexity index is 2590. The summed E-state index contributed by atoms with van der Waals surface area (Å²) in [6.07, 6.45) is 5.00. The van der Waals surface area contributed by atoms with E-state index in [0.717, 1.165) is 104 Å². The average molecular weight is 837 g/mol. The minimum Gasteiger partial charge on any atom is -0.385 e. The largest absolute Gasteiger partial charge is 0.385 e. The molecule has 0 radical (unpaired) electrons. The number of aromatic amines is 1. The van der Waals surface area contributed by atoms with E-state index in [2.05, 4.69) is 64.4 Å². The third kappa shape index (κ3) is 7.11. The Labute approximate surface area is 360 Å². The number of nitriles is 1. The van der Waals surface area contributed by atoms with E-state index in [0.29, 0.717) is 35.8 Å². The zero-order valence-corrected chi connectivity index (χ0v) is 35.6. The van der Waals surface area contributed by atoms with Crippen molar-refractivity contribution in [3.8, 4) is 6.07 Å². The zero-order chi connectivity index (χ0) is 43.4. The molecule has 5 aliphatic rings.